The first-order chi connectivity index (χ1) is 13.6. The van der Waals surface area contributed by atoms with Gasteiger partial charge in [-0.25, -0.2) is 13.1 Å². The van der Waals surface area contributed by atoms with Crippen LogP contribution in [-0.2, 0) is 21.4 Å². The molecule has 2 aromatic rings. The standard InChI is InChI=1S/C20H24ClN3O4S/c1-14(2)12-24(13-19(22)25)20(26)16-8-9-17(21)18(10-16)29(27,28)23-11-15-6-4-3-5-7-15/h3-10,14,23H,11-13H2,1-2H3,(H2,22,25). The third-order valence-electron chi connectivity index (χ3n) is 4.00. The largest absolute Gasteiger partial charge is 0.368 e. The van der Waals surface area contributed by atoms with E-state index in [1.807, 2.05) is 19.9 Å². The average Bonchev–Trinajstić information content (AvgIpc) is 2.66. The molecule has 7 nitrogen and oxygen atoms in total. The summed E-state index contributed by atoms with van der Waals surface area (Å²) in [5.74, 6) is -1.04. The van der Waals surface area contributed by atoms with Crippen LogP contribution in [0.5, 0.6) is 0 Å². The Hall–Kier alpha value is -2.42. The second kappa shape index (κ2) is 9.87. The van der Waals surface area contributed by atoms with Crippen molar-refractivity contribution < 1.29 is 18.0 Å². The molecular formula is C20H24ClN3O4S. The summed E-state index contributed by atoms with van der Waals surface area (Å²) in [5, 5.41) is -0.00702. The van der Waals surface area contributed by atoms with E-state index in [2.05, 4.69) is 4.72 Å². The number of nitrogens with zero attached hydrogens (tertiary/aromatic N) is 1. The Kier molecular flexibility index (Phi) is 7.78. The number of halogens is 1. The van der Waals surface area contributed by atoms with Gasteiger partial charge in [-0.1, -0.05) is 55.8 Å². The van der Waals surface area contributed by atoms with Crippen molar-refractivity contribution >= 4 is 33.4 Å². The van der Waals surface area contributed by atoms with Crippen LogP contribution in [0.2, 0.25) is 5.02 Å². The van der Waals surface area contributed by atoms with Crippen molar-refractivity contribution in [3.05, 3.63) is 64.7 Å². The van der Waals surface area contributed by atoms with E-state index < -0.39 is 21.8 Å². The Morgan fingerprint density at radius 2 is 1.79 bits per heavy atom. The molecule has 0 spiro atoms. The van der Waals surface area contributed by atoms with Gasteiger partial charge in [-0.3, -0.25) is 9.59 Å². The van der Waals surface area contributed by atoms with Crippen molar-refractivity contribution in [2.45, 2.75) is 25.3 Å². The van der Waals surface area contributed by atoms with Gasteiger partial charge in [0.2, 0.25) is 15.9 Å². The third kappa shape index (κ3) is 6.56. The van der Waals surface area contributed by atoms with Gasteiger partial charge in [0.15, 0.2) is 0 Å². The molecule has 2 aromatic carbocycles. The molecule has 0 aliphatic carbocycles. The van der Waals surface area contributed by atoms with Crippen molar-refractivity contribution in [3.63, 3.8) is 0 Å². The molecule has 0 aliphatic rings. The number of amides is 2. The molecule has 2 rings (SSSR count). The molecule has 0 fully saturated rings. The van der Waals surface area contributed by atoms with Crippen molar-refractivity contribution in [2.75, 3.05) is 13.1 Å². The molecule has 0 aliphatic heterocycles. The van der Waals surface area contributed by atoms with Crippen molar-refractivity contribution in [1.82, 2.24) is 9.62 Å². The molecule has 0 aromatic heterocycles. The van der Waals surface area contributed by atoms with Crippen molar-refractivity contribution in [1.29, 1.82) is 0 Å². The lowest BCUT2D eigenvalue weighted by Gasteiger charge is -2.23. The second-order valence-electron chi connectivity index (χ2n) is 7.00. The lowest BCUT2D eigenvalue weighted by Crippen LogP contribution is -2.40. The Morgan fingerprint density at radius 3 is 2.38 bits per heavy atom. The van der Waals surface area contributed by atoms with Gasteiger partial charge in [0.05, 0.1) is 11.6 Å². The van der Waals surface area contributed by atoms with E-state index in [0.717, 1.165) is 5.56 Å². The van der Waals surface area contributed by atoms with Crippen LogP contribution in [0.15, 0.2) is 53.4 Å². The van der Waals surface area contributed by atoms with E-state index in [4.69, 9.17) is 17.3 Å². The van der Waals surface area contributed by atoms with E-state index in [0.29, 0.717) is 6.54 Å². The van der Waals surface area contributed by atoms with Gasteiger partial charge in [-0.05, 0) is 29.7 Å². The minimum Gasteiger partial charge on any atom is -0.368 e. The van der Waals surface area contributed by atoms with Crippen LogP contribution in [0.4, 0.5) is 0 Å². The van der Waals surface area contributed by atoms with Crippen LogP contribution in [0.25, 0.3) is 0 Å². The van der Waals surface area contributed by atoms with Gasteiger partial charge in [0, 0.05) is 18.7 Å². The van der Waals surface area contributed by atoms with Crippen molar-refractivity contribution in [3.8, 4) is 0 Å². The van der Waals surface area contributed by atoms with E-state index in [1.54, 1.807) is 24.3 Å². The number of hydrogen-bond donors (Lipinski definition) is 2. The van der Waals surface area contributed by atoms with Gasteiger partial charge >= 0.3 is 0 Å². The fraction of sp³-hybridized carbons (Fsp3) is 0.300. The molecule has 0 atom stereocenters. The van der Waals surface area contributed by atoms with Crippen molar-refractivity contribution in [2.24, 2.45) is 11.7 Å². The minimum atomic E-state index is -3.96. The predicted molar refractivity (Wildman–Crippen MR) is 112 cm³/mol. The Balaban J connectivity index is 2.29. The van der Waals surface area contributed by atoms with Gasteiger partial charge in [0.1, 0.15) is 4.90 Å². The summed E-state index contributed by atoms with van der Waals surface area (Å²) in [4.78, 5) is 25.3. The Labute approximate surface area is 175 Å². The van der Waals surface area contributed by atoms with Crippen LogP contribution in [0.1, 0.15) is 29.8 Å². The second-order valence-corrected chi connectivity index (χ2v) is 9.14. The third-order valence-corrected chi connectivity index (χ3v) is 5.88. The normalized spacial score (nSPS) is 11.4. The maximum absolute atomic E-state index is 12.8. The molecule has 0 saturated heterocycles. The van der Waals surface area contributed by atoms with Crippen LogP contribution in [-0.4, -0.2) is 38.2 Å². The highest BCUT2D eigenvalue weighted by Gasteiger charge is 2.23. The number of sulfonamides is 1. The Morgan fingerprint density at radius 1 is 1.14 bits per heavy atom. The molecule has 3 N–H and O–H groups in total. The zero-order chi connectivity index (χ0) is 21.6. The number of carbonyl (C=O) groups is 2. The number of rotatable bonds is 9. The predicted octanol–water partition coefficient (Wildman–Crippen LogP) is 2.40. The number of hydrogen-bond acceptors (Lipinski definition) is 4. The smallest absolute Gasteiger partial charge is 0.254 e. The summed E-state index contributed by atoms with van der Waals surface area (Å²) in [5.41, 5.74) is 6.13. The molecule has 0 bridgehead atoms. The summed E-state index contributed by atoms with van der Waals surface area (Å²) in [7, 11) is -3.96. The highest BCUT2D eigenvalue weighted by molar-refractivity contribution is 7.89. The molecule has 0 heterocycles. The lowest BCUT2D eigenvalue weighted by atomic mass is 10.1. The van der Waals surface area contributed by atoms with Crippen LogP contribution < -0.4 is 10.5 Å². The molecule has 0 saturated carbocycles. The van der Waals surface area contributed by atoms with Gasteiger partial charge < -0.3 is 10.6 Å². The Bertz CT molecular complexity index is 978. The van der Waals surface area contributed by atoms with Crippen LogP contribution in [0, 0.1) is 5.92 Å². The molecule has 0 radical (unpaired) electrons. The van der Waals surface area contributed by atoms with Gasteiger partial charge in [-0.15, -0.1) is 0 Å². The first-order valence-corrected chi connectivity index (χ1v) is 10.9. The summed E-state index contributed by atoms with van der Waals surface area (Å²) >= 11 is 6.10. The molecule has 156 valence electrons. The van der Waals surface area contributed by atoms with E-state index in [1.165, 1.54) is 23.1 Å². The molecule has 0 unspecified atom stereocenters. The number of primary amides is 1. The maximum Gasteiger partial charge on any atom is 0.254 e. The first-order valence-electron chi connectivity index (χ1n) is 9.01. The van der Waals surface area contributed by atoms with Gasteiger partial charge in [-0.2, -0.15) is 0 Å². The maximum atomic E-state index is 12.8. The van der Waals surface area contributed by atoms with E-state index in [-0.39, 0.29) is 34.5 Å². The van der Waals surface area contributed by atoms with Crippen LogP contribution >= 0.6 is 11.6 Å². The van der Waals surface area contributed by atoms with E-state index in [9.17, 15) is 18.0 Å². The molecule has 2 amide bonds. The van der Waals surface area contributed by atoms with Crippen LogP contribution in [0.3, 0.4) is 0 Å². The average molecular weight is 438 g/mol. The molecular weight excluding hydrogens is 414 g/mol. The fourth-order valence-electron chi connectivity index (χ4n) is 2.73. The minimum absolute atomic E-state index is 0.00702. The van der Waals surface area contributed by atoms with E-state index >= 15 is 0 Å². The zero-order valence-electron chi connectivity index (χ0n) is 16.3. The highest BCUT2D eigenvalue weighted by atomic mass is 35.5. The monoisotopic (exact) mass is 437 g/mol. The quantitative estimate of drug-likeness (QED) is 0.627. The number of carbonyl (C=O) groups excluding carboxylic acids is 2. The zero-order valence-corrected chi connectivity index (χ0v) is 17.8. The number of benzene rings is 2. The summed E-state index contributed by atoms with van der Waals surface area (Å²) in [6, 6.07) is 13.0. The fourth-order valence-corrected chi connectivity index (χ4v) is 4.27. The number of nitrogens with two attached hydrogens (primary N) is 1. The highest BCUT2D eigenvalue weighted by Crippen LogP contribution is 2.24. The lowest BCUT2D eigenvalue weighted by molar-refractivity contribution is -0.118. The topological polar surface area (TPSA) is 110 Å². The SMILES string of the molecule is CC(C)CN(CC(N)=O)C(=O)c1ccc(Cl)c(S(=O)(=O)NCc2ccccc2)c1. The summed E-state index contributed by atoms with van der Waals surface area (Å²) in [6.07, 6.45) is 0. The molecule has 9 heteroatoms. The summed E-state index contributed by atoms with van der Waals surface area (Å²) < 4.78 is 27.9. The molecule has 29 heavy (non-hydrogen) atoms. The van der Waals surface area contributed by atoms with Gasteiger partial charge in [0.25, 0.3) is 5.91 Å². The number of nitrogens with one attached hydrogen (secondary N) is 1. The first kappa shape index (κ1) is 22.9. The summed E-state index contributed by atoms with van der Waals surface area (Å²) in [6.45, 7) is 3.92.